The van der Waals surface area contributed by atoms with Crippen LogP contribution in [0.2, 0.25) is 0 Å². The van der Waals surface area contributed by atoms with Crippen LogP contribution in [0.15, 0.2) is 30.3 Å². The summed E-state index contributed by atoms with van der Waals surface area (Å²) in [6.45, 7) is 6.80. The lowest BCUT2D eigenvalue weighted by atomic mass is 9.43. The highest BCUT2D eigenvalue weighted by molar-refractivity contribution is 5.84. The normalized spacial score (nSPS) is 41.3. The number of aliphatic hydroxyl groups excluding tert-OH is 3. The van der Waals surface area contributed by atoms with Crippen LogP contribution in [0, 0.1) is 46.3 Å². The van der Waals surface area contributed by atoms with E-state index in [2.05, 4.69) is 26.1 Å². The molecule has 1 aromatic carbocycles. The van der Waals surface area contributed by atoms with Gasteiger partial charge in [0.2, 0.25) is 5.91 Å². The van der Waals surface area contributed by atoms with E-state index >= 15 is 0 Å². The van der Waals surface area contributed by atoms with Crippen LogP contribution in [0.5, 0.6) is 0 Å². The van der Waals surface area contributed by atoms with Crippen LogP contribution in [0.4, 0.5) is 0 Å². The number of rotatable bonds is 8. The Labute approximate surface area is 245 Å². The Hall–Kier alpha value is -1.96. The van der Waals surface area contributed by atoms with E-state index in [0.717, 1.165) is 44.1 Å². The van der Waals surface area contributed by atoms with Crippen molar-refractivity contribution in [2.75, 3.05) is 7.11 Å². The molecule has 4 aliphatic carbocycles. The molecule has 0 heterocycles. The first-order valence-corrected chi connectivity index (χ1v) is 15.9. The largest absolute Gasteiger partial charge is 0.467 e. The molecular formula is C34H51NO6. The van der Waals surface area contributed by atoms with E-state index in [4.69, 9.17) is 4.74 Å². The molecular weight excluding hydrogens is 518 g/mol. The maximum Gasteiger partial charge on any atom is 0.328 e. The molecule has 4 aliphatic rings. The third-order valence-electron chi connectivity index (χ3n) is 12.5. The summed E-state index contributed by atoms with van der Waals surface area (Å²) < 4.78 is 4.96. The highest BCUT2D eigenvalue weighted by atomic mass is 16.5. The Morgan fingerprint density at radius 1 is 1.02 bits per heavy atom. The summed E-state index contributed by atoms with van der Waals surface area (Å²) in [5.74, 6) is 0.903. The first-order valence-electron chi connectivity index (χ1n) is 15.9. The number of carbonyl (C=O) groups is 2. The van der Waals surface area contributed by atoms with Crippen molar-refractivity contribution in [2.24, 2.45) is 46.3 Å². The van der Waals surface area contributed by atoms with Gasteiger partial charge >= 0.3 is 5.97 Å². The number of benzene rings is 1. The van der Waals surface area contributed by atoms with Crippen molar-refractivity contribution in [3.05, 3.63) is 35.9 Å². The second kappa shape index (κ2) is 12.0. The number of fused-ring (bicyclic) bond motifs is 5. The summed E-state index contributed by atoms with van der Waals surface area (Å²) in [7, 11) is 1.34. The predicted octanol–water partition coefficient (Wildman–Crippen LogP) is 4.26. The fourth-order valence-electron chi connectivity index (χ4n) is 10.1. The summed E-state index contributed by atoms with van der Waals surface area (Å²) in [6, 6.07) is 8.88. The van der Waals surface area contributed by atoms with Gasteiger partial charge in [-0.1, -0.05) is 51.1 Å². The van der Waals surface area contributed by atoms with Gasteiger partial charge in [-0.2, -0.15) is 0 Å². The van der Waals surface area contributed by atoms with Crippen molar-refractivity contribution in [3.8, 4) is 0 Å². The highest BCUT2D eigenvalue weighted by Gasteiger charge is 2.65. The van der Waals surface area contributed by atoms with E-state index in [0.29, 0.717) is 31.6 Å². The Bertz CT molecular complexity index is 1080. The third-order valence-corrected chi connectivity index (χ3v) is 12.5. The molecule has 0 aromatic heterocycles. The molecule has 0 bridgehead atoms. The minimum Gasteiger partial charge on any atom is -0.467 e. The number of ether oxygens (including phenoxy) is 1. The number of nitrogens with one attached hydrogen (secondary N) is 1. The topological polar surface area (TPSA) is 116 Å². The second-order valence-corrected chi connectivity index (χ2v) is 14.4. The summed E-state index contributed by atoms with van der Waals surface area (Å²) in [6.07, 6.45) is 6.27. The number of methoxy groups -OCH3 is 1. The number of hydrogen-bond acceptors (Lipinski definition) is 6. The van der Waals surface area contributed by atoms with Gasteiger partial charge in [0, 0.05) is 12.8 Å². The molecule has 7 heteroatoms. The van der Waals surface area contributed by atoms with Crippen LogP contribution >= 0.6 is 0 Å². The number of amides is 1. The highest BCUT2D eigenvalue weighted by Crippen LogP contribution is 2.68. The van der Waals surface area contributed by atoms with E-state index in [1.54, 1.807) is 0 Å². The van der Waals surface area contributed by atoms with Gasteiger partial charge in [0.25, 0.3) is 0 Å². The molecule has 0 saturated heterocycles. The van der Waals surface area contributed by atoms with Crippen molar-refractivity contribution in [1.29, 1.82) is 0 Å². The van der Waals surface area contributed by atoms with Crippen LogP contribution in [0.1, 0.15) is 84.1 Å². The zero-order valence-corrected chi connectivity index (χ0v) is 25.3. The summed E-state index contributed by atoms with van der Waals surface area (Å²) in [5.41, 5.74) is 0.723. The molecule has 7 nitrogen and oxygen atoms in total. The molecule has 1 aromatic rings. The van der Waals surface area contributed by atoms with Crippen molar-refractivity contribution in [3.63, 3.8) is 0 Å². The average Bonchev–Trinajstić information content (AvgIpc) is 3.31. The van der Waals surface area contributed by atoms with Gasteiger partial charge in [-0.3, -0.25) is 4.79 Å². The van der Waals surface area contributed by atoms with Crippen molar-refractivity contribution in [1.82, 2.24) is 5.32 Å². The van der Waals surface area contributed by atoms with E-state index < -0.39 is 18.1 Å². The van der Waals surface area contributed by atoms with Crippen molar-refractivity contribution < 1.29 is 29.6 Å². The van der Waals surface area contributed by atoms with Gasteiger partial charge in [-0.05, 0) is 103 Å². The zero-order chi connectivity index (χ0) is 29.5. The molecule has 5 rings (SSSR count). The summed E-state index contributed by atoms with van der Waals surface area (Å²) in [5, 5.41) is 36.5. The van der Waals surface area contributed by atoms with Gasteiger partial charge in [0.15, 0.2) is 0 Å². The Balaban J connectivity index is 1.24. The summed E-state index contributed by atoms with van der Waals surface area (Å²) >= 11 is 0. The molecule has 12 atom stereocenters. The average molecular weight is 570 g/mol. The molecule has 1 amide bonds. The molecule has 0 aliphatic heterocycles. The fourth-order valence-corrected chi connectivity index (χ4v) is 10.1. The van der Waals surface area contributed by atoms with Gasteiger partial charge in [0.1, 0.15) is 6.04 Å². The van der Waals surface area contributed by atoms with Crippen molar-refractivity contribution in [2.45, 2.75) is 109 Å². The van der Waals surface area contributed by atoms with E-state index in [9.17, 15) is 24.9 Å². The number of carbonyl (C=O) groups excluding carboxylic acids is 2. The minimum atomic E-state index is -0.727. The Morgan fingerprint density at radius 2 is 1.76 bits per heavy atom. The number of esters is 1. The monoisotopic (exact) mass is 569 g/mol. The number of aliphatic hydroxyl groups is 3. The van der Waals surface area contributed by atoms with Crippen LogP contribution < -0.4 is 5.32 Å². The van der Waals surface area contributed by atoms with Crippen LogP contribution in [-0.4, -0.2) is 58.7 Å². The molecule has 1 unspecified atom stereocenters. The zero-order valence-electron chi connectivity index (χ0n) is 25.3. The van der Waals surface area contributed by atoms with E-state index in [-0.39, 0.29) is 58.5 Å². The summed E-state index contributed by atoms with van der Waals surface area (Å²) in [4.78, 5) is 25.4. The minimum absolute atomic E-state index is 0.0587. The molecule has 4 saturated carbocycles. The van der Waals surface area contributed by atoms with Gasteiger partial charge < -0.3 is 25.4 Å². The number of hydrogen-bond donors (Lipinski definition) is 4. The first-order chi connectivity index (χ1) is 19.5. The van der Waals surface area contributed by atoms with Crippen LogP contribution in [-0.2, 0) is 20.7 Å². The lowest BCUT2D eigenvalue weighted by Crippen LogP contribution is -2.62. The van der Waals surface area contributed by atoms with Crippen molar-refractivity contribution >= 4 is 11.9 Å². The standard InChI is InChI=1S/C34H51NO6/c1-20(10-13-30(39)35-27(32(40)41-4)16-21-8-6-5-7-9-21)24-11-12-25-31-26(19-29(38)34(24,25)3)33(2)15-14-23(36)17-22(33)18-28(31)37/h5-9,20,22-29,31,36-38H,10-19H2,1-4H3,(H,35,39)/t20-,22+,23-,24-,25+,26+,27?,28-,29+,31+,33+,34-/m1/s1. The van der Waals surface area contributed by atoms with Gasteiger partial charge in [0.05, 0.1) is 25.4 Å². The van der Waals surface area contributed by atoms with E-state index in [1.165, 1.54) is 7.11 Å². The smallest absolute Gasteiger partial charge is 0.328 e. The Morgan fingerprint density at radius 3 is 2.46 bits per heavy atom. The Kier molecular flexibility index (Phi) is 8.90. The van der Waals surface area contributed by atoms with Crippen LogP contribution in [0.3, 0.4) is 0 Å². The lowest BCUT2D eigenvalue weighted by Gasteiger charge is -2.63. The molecule has 228 valence electrons. The molecule has 0 radical (unpaired) electrons. The molecule has 41 heavy (non-hydrogen) atoms. The SMILES string of the molecule is COC(=O)C(Cc1ccccc1)NC(=O)CC[C@@H](C)[C@H]1CC[C@H]2[C@@H]3[C@H](O)C[C@@H]4C[C@H](O)CC[C@]4(C)[C@H]3C[C@H](O)[C@]12C. The maximum atomic E-state index is 13.0. The first kappa shape index (κ1) is 30.5. The maximum absolute atomic E-state index is 13.0. The lowest BCUT2D eigenvalue weighted by molar-refractivity contribution is -0.207. The predicted molar refractivity (Wildman–Crippen MR) is 156 cm³/mol. The quantitative estimate of drug-likeness (QED) is 0.348. The molecule has 0 spiro atoms. The molecule has 4 N–H and O–H groups in total. The fraction of sp³-hybridized carbons (Fsp3) is 0.765. The van der Waals surface area contributed by atoms with Gasteiger partial charge in [-0.15, -0.1) is 0 Å². The van der Waals surface area contributed by atoms with Gasteiger partial charge in [-0.25, -0.2) is 4.79 Å². The second-order valence-electron chi connectivity index (χ2n) is 14.4. The molecule has 4 fully saturated rings. The van der Waals surface area contributed by atoms with E-state index in [1.807, 2.05) is 30.3 Å². The third kappa shape index (κ3) is 5.59. The van der Waals surface area contributed by atoms with Crippen LogP contribution in [0.25, 0.3) is 0 Å².